The predicted octanol–water partition coefficient (Wildman–Crippen LogP) is 2.85. The number of anilines is 1. The summed E-state index contributed by atoms with van der Waals surface area (Å²) >= 11 is 0. The number of benzene rings is 1. The van der Waals surface area contributed by atoms with Crippen LogP contribution in [0.5, 0.6) is 5.75 Å². The highest BCUT2D eigenvalue weighted by Crippen LogP contribution is 2.31. The van der Waals surface area contributed by atoms with E-state index in [0.29, 0.717) is 35.9 Å². The van der Waals surface area contributed by atoms with Gasteiger partial charge in [-0.3, -0.25) is 4.79 Å². The molecule has 0 spiro atoms. The first-order valence-electron chi connectivity index (χ1n) is 13.3. The summed E-state index contributed by atoms with van der Waals surface area (Å²) in [4.78, 5) is 24.1. The number of carbonyl (C=O) groups is 1. The van der Waals surface area contributed by atoms with E-state index in [0.717, 1.165) is 56.0 Å². The lowest BCUT2D eigenvalue weighted by Crippen LogP contribution is -2.40. The molecule has 1 aliphatic carbocycles. The van der Waals surface area contributed by atoms with E-state index in [4.69, 9.17) is 14.9 Å². The van der Waals surface area contributed by atoms with Gasteiger partial charge in [-0.15, -0.1) is 0 Å². The molecule has 3 heterocycles. The molecule has 1 saturated heterocycles. The number of ether oxygens (including phenoxy) is 1. The first-order chi connectivity index (χ1) is 18.3. The lowest BCUT2D eigenvalue weighted by molar-refractivity contribution is -0.137. The quantitative estimate of drug-likeness (QED) is 0.393. The number of nitrogens with zero attached hydrogens (tertiary/aromatic N) is 5. The Hall–Kier alpha value is -3.25. The number of nitrogens with two attached hydrogens (primary N) is 1. The third kappa shape index (κ3) is 6.07. The summed E-state index contributed by atoms with van der Waals surface area (Å²) < 4.78 is 29.8. The number of fused-ring (bicyclic) bond motifs is 1. The summed E-state index contributed by atoms with van der Waals surface area (Å²) in [6.45, 7) is 3.28. The molecule has 0 unspecified atom stereocenters. The highest BCUT2D eigenvalue weighted by atomic mass is 32.2. The van der Waals surface area contributed by atoms with Crippen LogP contribution in [0.2, 0.25) is 0 Å². The Morgan fingerprint density at radius 1 is 1.18 bits per heavy atom. The lowest BCUT2D eigenvalue weighted by atomic mass is 9.85. The smallest absolute Gasteiger partial charge is 0.225 e. The average Bonchev–Trinajstić information content (AvgIpc) is 3.53. The number of hydrogen-bond donors (Lipinski definition) is 2. The molecule has 3 N–H and O–H groups in total. The van der Waals surface area contributed by atoms with Gasteiger partial charge in [-0.2, -0.15) is 10.1 Å². The van der Waals surface area contributed by atoms with Crippen LogP contribution in [0, 0.1) is 5.92 Å². The summed E-state index contributed by atoms with van der Waals surface area (Å²) in [5.74, 6) is 2.08. The lowest BCUT2D eigenvalue weighted by Gasteiger charge is -2.32. The van der Waals surface area contributed by atoms with Crippen LogP contribution in [-0.4, -0.2) is 70.0 Å². The fourth-order valence-electron chi connectivity index (χ4n) is 5.47. The summed E-state index contributed by atoms with van der Waals surface area (Å²) in [5, 5.41) is 13.8. The first kappa shape index (κ1) is 26.4. The molecule has 2 fully saturated rings. The maximum absolute atomic E-state index is 12.9. The van der Waals surface area contributed by atoms with Gasteiger partial charge in [0.25, 0.3) is 0 Å². The van der Waals surface area contributed by atoms with Crippen molar-refractivity contribution in [2.24, 2.45) is 11.1 Å². The Labute approximate surface area is 222 Å². The molecule has 2 aliphatic rings. The van der Waals surface area contributed by atoms with Gasteiger partial charge in [0.05, 0.1) is 29.5 Å². The third-order valence-electron chi connectivity index (χ3n) is 7.51. The van der Waals surface area contributed by atoms with E-state index in [2.05, 4.69) is 27.2 Å². The molecule has 0 radical (unpaired) electrons. The van der Waals surface area contributed by atoms with Crippen molar-refractivity contribution in [1.82, 2.24) is 24.6 Å². The van der Waals surface area contributed by atoms with Crippen LogP contribution >= 0.6 is 0 Å². The zero-order chi connectivity index (χ0) is 26.7. The number of aromatic nitrogens is 4. The van der Waals surface area contributed by atoms with Crippen molar-refractivity contribution in [1.29, 1.82) is 0 Å². The van der Waals surface area contributed by atoms with Gasteiger partial charge in [-0.05, 0) is 64.0 Å². The number of likely N-dealkylation sites (tertiary alicyclic amines) is 1. The van der Waals surface area contributed by atoms with E-state index in [-0.39, 0.29) is 24.3 Å². The highest BCUT2D eigenvalue weighted by Gasteiger charge is 2.33. The van der Waals surface area contributed by atoms with Crippen molar-refractivity contribution in [3.05, 3.63) is 36.7 Å². The molecule has 1 saturated carbocycles. The Kier molecular flexibility index (Phi) is 7.80. The molecule has 1 amide bonds. The van der Waals surface area contributed by atoms with Crippen LogP contribution in [0.15, 0.2) is 36.7 Å². The zero-order valence-electron chi connectivity index (χ0n) is 21.6. The van der Waals surface area contributed by atoms with Crippen LogP contribution in [0.3, 0.4) is 0 Å². The summed E-state index contributed by atoms with van der Waals surface area (Å²) in [6, 6.07) is 7.99. The normalized spacial score (nSPS) is 22.1. The average molecular weight is 542 g/mol. The minimum absolute atomic E-state index is 0.118. The Bertz CT molecular complexity index is 1390. The molecule has 11 nitrogen and oxygen atoms in total. The molecule has 204 valence electrons. The van der Waals surface area contributed by atoms with E-state index < -0.39 is 10.0 Å². The van der Waals surface area contributed by atoms with Gasteiger partial charge in [0.1, 0.15) is 5.75 Å². The molecule has 0 bridgehead atoms. The van der Waals surface area contributed by atoms with Crippen molar-refractivity contribution in [3.63, 3.8) is 0 Å². The number of rotatable bonds is 9. The van der Waals surface area contributed by atoms with Gasteiger partial charge < -0.3 is 15.0 Å². The number of amides is 1. The summed E-state index contributed by atoms with van der Waals surface area (Å²) in [7, 11) is -3.51. The van der Waals surface area contributed by atoms with Crippen LogP contribution in [0.4, 0.5) is 5.95 Å². The van der Waals surface area contributed by atoms with Crippen LogP contribution in [-0.2, 0) is 14.8 Å². The maximum atomic E-state index is 12.9. The maximum Gasteiger partial charge on any atom is 0.225 e. The van der Waals surface area contributed by atoms with Crippen molar-refractivity contribution in [2.75, 3.05) is 24.2 Å². The highest BCUT2D eigenvalue weighted by molar-refractivity contribution is 7.89. The predicted molar refractivity (Wildman–Crippen MR) is 145 cm³/mol. The van der Waals surface area contributed by atoms with Gasteiger partial charge in [0.2, 0.25) is 21.9 Å². The molecule has 1 aliphatic heterocycles. The SMILES string of the molecule is C[C@H]1CCCN1C(=O)[C@H]1CC[C@H](Nc2nccc(-n3ncc4c(OCCCS(N)(=O)=O)cccc43)n2)CC1. The number of hydrogen-bond acceptors (Lipinski definition) is 8. The van der Waals surface area contributed by atoms with Crippen LogP contribution in [0.25, 0.3) is 16.7 Å². The van der Waals surface area contributed by atoms with E-state index >= 15 is 0 Å². The fourth-order valence-corrected chi connectivity index (χ4v) is 5.99. The molecule has 5 rings (SSSR count). The largest absolute Gasteiger partial charge is 0.493 e. The molecule has 38 heavy (non-hydrogen) atoms. The minimum Gasteiger partial charge on any atom is -0.493 e. The molecule has 12 heteroatoms. The van der Waals surface area contributed by atoms with Gasteiger partial charge >= 0.3 is 0 Å². The van der Waals surface area contributed by atoms with Crippen molar-refractivity contribution < 1.29 is 17.9 Å². The first-order valence-corrected chi connectivity index (χ1v) is 15.0. The van der Waals surface area contributed by atoms with Gasteiger partial charge in [-0.25, -0.2) is 23.2 Å². The second-order valence-electron chi connectivity index (χ2n) is 10.3. The topological polar surface area (TPSA) is 145 Å². The molecular weight excluding hydrogens is 506 g/mol. The van der Waals surface area contributed by atoms with E-state index in [9.17, 15) is 13.2 Å². The Morgan fingerprint density at radius 3 is 2.74 bits per heavy atom. The monoisotopic (exact) mass is 541 g/mol. The summed E-state index contributed by atoms with van der Waals surface area (Å²) in [5.41, 5.74) is 0.814. The van der Waals surface area contributed by atoms with Crippen LogP contribution < -0.4 is 15.2 Å². The second kappa shape index (κ2) is 11.2. The van der Waals surface area contributed by atoms with E-state index in [1.165, 1.54) is 0 Å². The van der Waals surface area contributed by atoms with Crippen molar-refractivity contribution >= 4 is 32.8 Å². The number of nitrogens with one attached hydrogen (secondary N) is 1. The summed E-state index contributed by atoms with van der Waals surface area (Å²) in [6.07, 6.45) is 9.50. The molecule has 1 atom stereocenters. The van der Waals surface area contributed by atoms with Crippen molar-refractivity contribution in [3.8, 4) is 11.6 Å². The van der Waals surface area contributed by atoms with E-state index in [1.54, 1.807) is 23.1 Å². The Morgan fingerprint density at radius 2 is 2.00 bits per heavy atom. The van der Waals surface area contributed by atoms with Gasteiger partial charge in [0.15, 0.2) is 5.82 Å². The minimum atomic E-state index is -3.51. The van der Waals surface area contributed by atoms with E-state index in [1.807, 2.05) is 18.2 Å². The Balaban J connectivity index is 1.22. The molecule has 3 aromatic rings. The standard InChI is InChI=1S/C26H35N7O4S/c1-18-5-3-14-32(18)25(34)19-8-10-20(11-9-19)30-26-28-13-12-24(31-26)33-22-6-2-7-23(21(22)17-29-33)37-15-4-16-38(27,35)36/h2,6-7,12-13,17-20H,3-5,8-11,14-16H2,1H3,(H2,27,35,36)(H,28,30,31)/t18-,19-,20-/m0/s1. The van der Waals surface area contributed by atoms with Crippen molar-refractivity contribution in [2.45, 2.75) is 64.0 Å². The van der Waals surface area contributed by atoms with Gasteiger partial charge in [-0.1, -0.05) is 6.07 Å². The second-order valence-corrected chi connectivity index (χ2v) is 12.0. The third-order valence-corrected chi connectivity index (χ3v) is 8.37. The zero-order valence-corrected chi connectivity index (χ0v) is 22.4. The molecule has 2 aromatic heterocycles. The van der Waals surface area contributed by atoms with Crippen LogP contribution in [0.1, 0.15) is 51.9 Å². The fraction of sp³-hybridized carbons (Fsp3) is 0.538. The number of primary sulfonamides is 1. The molecular formula is C26H35N7O4S. The number of carbonyl (C=O) groups excluding carboxylic acids is 1. The molecule has 1 aromatic carbocycles. The van der Waals surface area contributed by atoms with Gasteiger partial charge in [0, 0.05) is 36.8 Å². The number of sulfonamides is 1.